The van der Waals surface area contributed by atoms with Gasteiger partial charge < -0.3 is 5.32 Å². The van der Waals surface area contributed by atoms with Gasteiger partial charge in [0.05, 0.1) is 6.04 Å². The van der Waals surface area contributed by atoms with E-state index in [4.69, 9.17) is 0 Å². The molecule has 1 aliphatic heterocycles. The molecule has 1 aromatic carbocycles. The Balaban J connectivity index is 2.29. The number of rotatable bonds is 1. The van der Waals surface area contributed by atoms with E-state index in [9.17, 15) is 13.6 Å². The molecule has 1 atom stereocenters. The second-order valence-corrected chi connectivity index (χ2v) is 3.43. The average molecular weight is 209 g/mol. The highest BCUT2D eigenvalue weighted by atomic mass is 19.1. The predicted octanol–water partition coefficient (Wildman–Crippen LogP) is 2.08. The summed E-state index contributed by atoms with van der Waals surface area (Å²) in [5, 5.41) is 2.89. The van der Waals surface area contributed by atoms with Crippen molar-refractivity contribution in [2.24, 2.45) is 0 Å². The van der Waals surface area contributed by atoms with E-state index < -0.39 is 11.6 Å². The van der Waals surface area contributed by atoms with Crippen molar-refractivity contribution in [2.45, 2.75) is 12.5 Å². The Morgan fingerprint density at radius 3 is 2.47 bits per heavy atom. The molecular weight excluding hydrogens is 200 g/mol. The van der Waals surface area contributed by atoms with E-state index in [1.54, 1.807) is 0 Å². The predicted molar refractivity (Wildman–Crippen MR) is 51.0 cm³/mol. The van der Waals surface area contributed by atoms with Crippen LogP contribution in [0.1, 0.15) is 18.0 Å². The SMILES string of the molecule is O=C1C=CN[C@H](c2cc(F)cc(F)c2)C1. The van der Waals surface area contributed by atoms with Gasteiger partial charge >= 0.3 is 0 Å². The third kappa shape index (κ3) is 2.21. The zero-order valence-corrected chi connectivity index (χ0v) is 7.84. The zero-order chi connectivity index (χ0) is 10.8. The van der Waals surface area contributed by atoms with Crippen LogP contribution in [0.5, 0.6) is 0 Å². The van der Waals surface area contributed by atoms with E-state index in [-0.39, 0.29) is 18.2 Å². The van der Waals surface area contributed by atoms with Gasteiger partial charge in [-0.05, 0) is 23.8 Å². The van der Waals surface area contributed by atoms with Gasteiger partial charge in [0, 0.05) is 18.7 Å². The minimum Gasteiger partial charge on any atom is -0.384 e. The lowest BCUT2D eigenvalue weighted by Gasteiger charge is -2.19. The molecular formula is C11H9F2NO. The van der Waals surface area contributed by atoms with Gasteiger partial charge in [0.1, 0.15) is 11.6 Å². The Hall–Kier alpha value is -1.71. The molecule has 1 aliphatic rings. The monoisotopic (exact) mass is 209 g/mol. The number of hydrogen-bond donors (Lipinski definition) is 1. The second-order valence-electron chi connectivity index (χ2n) is 3.43. The summed E-state index contributed by atoms with van der Waals surface area (Å²) in [4.78, 5) is 11.1. The summed E-state index contributed by atoms with van der Waals surface area (Å²) in [7, 11) is 0. The van der Waals surface area contributed by atoms with E-state index >= 15 is 0 Å². The number of ketones is 1. The molecule has 0 radical (unpaired) electrons. The largest absolute Gasteiger partial charge is 0.384 e. The molecule has 15 heavy (non-hydrogen) atoms. The van der Waals surface area contributed by atoms with Gasteiger partial charge in [-0.1, -0.05) is 0 Å². The molecule has 0 saturated carbocycles. The molecule has 4 heteroatoms. The molecule has 0 bridgehead atoms. The summed E-state index contributed by atoms with van der Waals surface area (Å²) in [6.07, 6.45) is 3.13. The maximum absolute atomic E-state index is 12.9. The molecule has 0 unspecified atom stereocenters. The molecule has 0 saturated heterocycles. The van der Waals surface area contributed by atoms with Gasteiger partial charge in [0.15, 0.2) is 5.78 Å². The van der Waals surface area contributed by atoms with Crippen LogP contribution in [0.15, 0.2) is 30.5 Å². The van der Waals surface area contributed by atoms with Gasteiger partial charge in [-0.3, -0.25) is 4.79 Å². The van der Waals surface area contributed by atoms with Gasteiger partial charge in [-0.15, -0.1) is 0 Å². The Morgan fingerprint density at radius 1 is 1.20 bits per heavy atom. The van der Waals surface area contributed by atoms with Crippen LogP contribution in [0.2, 0.25) is 0 Å². The van der Waals surface area contributed by atoms with Crippen molar-refractivity contribution < 1.29 is 13.6 Å². The highest BCUT2D eigenvalue weighted by molar-refractivity contribution is 5.90. The van der Waals surface area contributed by atoms with Crippen LogP contribution in [0.25, 0.3) is 0 Å². The lowest BCUT2D eigenvalue weighted by Crippen LogP contribution is -2.23. The molecule has 1 heterocycles. The van der Waals surface area contributed by atoms with Crippen LogP contribution in [-0.4, -0.2) is 5.78 Å². The number of benzene rings is 1. The van der Waals surface area contributed by atoms with Crippen molar-refractivity contribution in [3.05, 3.63) is 47.7 Å². The van der Waals surface area contributed by atoms with Crippen LogP contribution in [-0.2, 0) is 4.79 Å². The fraction of sp³-hybridized carbons (Fsp3) is 0.182. The van der Waals surface area contributed by atoms with Crippen LogP contribution in [0, 0.1) is 11.6 Å². The van der Waals surface area contributed by atoms with E-state index in [0.717, 1.165) is 6.07 Å². The third-order valence-electron chi connectivity index (χ3n) is 2.26. The quantitative estimate of drug-likeness (QED) is 0.767. The summed E-state index contributed by atoms with van der Waals surface area (Å²) in [6.45, 7) is 0. The molecule has 2 rings (SSSR count). The van der Waals surface area contributed by atoms with Crippen molar-refractivity contribution in [1.82, 2.24) is 5.32 Å². The summed E-state index contributed by atoms with van der Waals surface area (Å²) < 4.78 is 25.8. The first-order valence-corrected chi connectivity index (χ1v) is 4.56. The molecule has 78 valence electrons. The van der Waals surface area contributed by atoms with E-state index in [1.807, 2.05) is 0 Å². The van der Waals surface area contributed by atoms with Gasteiger partial charge in [-0.2, -0.15) is 0 Å². The molecule has 0 amide bonds. The molecule has 0 aliphatic carbocycles. The van der Waals surface area contributed by atoms with E-state index in [2.05, 4.69) is 5.32 Å². The van der Waals surface area contributed by atoms with Crippen LogP contribution in [0.3, 0.4) is 0 Å². The minimum atomic E-state index is -0.631. The van der Waals surface area contributed by atoms with Crippen molar-refractivity contribution in [3.8, 4) is 0 Å². The van der Waals surface area contributed by atoms with E-state index in [1.165, 1.54) is 24.4 Å². The number of halogens is 2. The van der Waals surface area contributed by atoms with Crippen LogP contribution in [0.4, 0.5) is 8.78 Å². The fourth-order valence-corrected chi connectivity index (χ4v) is 1.58. The Kier molecular flexibility index (Phi) is 2.49. The molecule has 0 fully saturated rings. The molecule has 0 spiro atoms. The summed E-state index contributed by atoms with van der Waals surface area (Å²) in [6, 6.07) is 2.93. The number of allylic oxidation sites excluding steroid dienone is 1. The highest BCUT2D eigenvalue weighted by Gasteiger charge is 2.17. The summed E-state index contributed by atoms with van der Waals surface area (Å²) in [5.74, 6) is -1.31. The summed E-state index contributed by atoms with van der Waals surface area (Å²) >= 11 is 0. The first-order chi connectivity index (χ1) is 7.15. The van der Waals surface area contributed by atoms with E-state index in [0.29, 0.717) is 5.56 Å². The number of nitrogens with one attached hydrogen (secondary N) is 1. The molecule has 2 nitrogen and oxygen atoms in total. The van der Waals surface area contributed by atoms with Crippen molar-refractivity contribution in [1.29, 1.82) is 0 Å². The first-order valence-electron chi connectivity index (χ1n) is 4.56. The number of carbonyl (C=O) groups excluding carboxylic acids is 1. The second kappa shape index (κ2) is 3.81. The smallest absolute Gasteiger partial charge is 0.159 e. The number of hydrogen-bond acceptors (Lipinski definition) is 2. The van der Waals surface area contributed by atoms with Gasteiger partial charge in [-0.25, -0.2) is 8.78 Å². The maximum atomic E-state index is 12.9. The van der Waals surface area contributed by atoms with Gasteiger partial charge in [0.2, 0.25) is 0 Å². The average Bonchev–Trinajstić information content (AvgIpc) is 2.16. The fourth-order valence-electron chi connectivity index (χ4n) is 1.58. The summed E-state index contributed by atoms with van der Waals surface area (Å²) in [5.41, 5.74) is 0.449. The highest BCUT2D eigenvalue weighted by Crippen LogP contribution is 2.21. The zero-order valence-electron chi connectivity index (χ0n) is 7.84. The van der Waals surface area contributed by atoms with Crippen LogP contribution < -0.4 is 5.32 Å². The maximum Gasteiger partial charge on any atom is 0.159 e. The Morgan fingerprint density at radius 2 is 1.87 bits per heavy atom. The minimum absolute atomic E-state index is 0.0524. The Labute approximate surface area is 85.6 Å². The van der Waals surface area contributed by atoms with Crippen LogP contribution >= 0.6 is 0 Å². The lowest BCUT2D eigenvalue weighted by molar-refractivity contribution is -0.115. The molecule has 1 N–H and O–H groups in total. The van der Waals surface area contributed by atoms with Gasteiger partial charge in [0.25, 0.3) is 0 Å². The third-order valence-corrected chi connectivity index (χ3v) is 2.26. The molecule has 0 aromatic heterocycles. The number of carbonyl (C=O) groups is 1. The first kappa shape index (κ1) is 9.83. The van der Waals surface area contributed by atoms with Crippen molar-refractivity contribution in [2.75, 3.05) is 0 Å². The normalized spacial score (nSPS) is 20.1. The lowest BCUT2D eigenvalue weighted by atomic mass is 9.99. The molecule has 1 aromatic rings. The standard InChI is InChI=1S/C11H9F2NO/c12-8-3-7(4-9(13)5-8)11-6-10(15)1-2-14-11/h1-5,11,14H,6H2/t11-/m0/s1. The topological polar surface area (TPSA) is 29.1 Å². The van der Waals surface area contributed by atoms with Crippen molar-refractivity contribution in [3.63, 3.8) is 0 Å². The Bertz CT molecular complexity index is 408. The van der Waals surface area contributed by atoms with Crippen molar-refractivity contribution >= 4 is 5.78 Å².